The van der Waals surface area contributed by atoms with Gasteiger partial charge in [-0.25, -0.2) is 10.0 Å². The lowest BCUT2D eigenvalue weighted by Crippen LogP contribution is -2.46. The van der Waals surface area contributed by atoms with Gasteiger partial charge >= 0.3 is 6.18 Å². The van der Waals surface area contributed by atoms with E-state index in [2.05, 4.69) is 0 Å². The molecule has 1 saturated heterocycles. The summed E-state index contributed by atoms with van der Waals surface area (Å²) in [5.74, 6) is -1.17. The molecule has 0 saturated carbocycles. The monoisotopic (exact) mass is 466 g/mol. The number of alkyl halides is 3. The molecule has 1 fully saturated rings. The van der Waals surface area contributed by atoms with Gasteiger partial charge in [-0.15, -0.1) is 0 Å². The van der Waals surface area contributed by atoms with Crippen LogP contribution in [-0.4, -0.2) is 35.5 Å². The smallest absolute Gasteiger partial charge is 0.416 e. The number of fused-ring (bicyclic) bond motifs is 3. The summed E-state index contributed by atoms with van der Waals surface area (Å²) >= 11 is 0. The van der Waals surface area contributed by atoms with E-state index in [4.69, 9.17) is 4.74 Å². The molecule has 2 heterocycles. The highest BCUT2D eigenvalue weighted by Gasteiger charge is 2.52. The zero-order chi connectivity index (χ0) is 24.0. The summed E-state index contributed by atoms with van der Waals surface area (Å²) in [5.41, 5.74) is 1.83. The molecule has 0 aliphatic carbocycles. The van der Waals surface area contributed by atoms with Gasteiger partial charge < -0.3 is 4.74 Å². The van der Waals surface area contributed by atoms with Gasteiger partial charge in [0, 0.05) is 12.1 Å². The van der Waals surface area contributed by atoms with E-state index in [0.717, 1.165) is 28.3 Å². The Balaban J connectivity index is 1.63. The summed E-state index contributed by atoms with van der Waals surface area (Å²) in [6.07, 6.45) is -3.87. The van der Waals surface area contributed by atoms with Crippen LogP contribution in [0, 0.1) is 0 Å². The fourth-order valence-electron chi connectivity index (χ4n) is 4.83. The van der Waals surface area contributed by atoms with E-state index in [-0.39, 0.29) is 0 Å². The van der Waals surface area contributed by atoms with Crippen LogP contribution in [0.5, 0.6) is 5.75 Å². The number of hydrogen-bond donors (Lipinski definition) is 0. The molecule has 3 aromatic rings. The lowest BCUT2D eigenvalue weighted by Gasteiger charge is -2.36. The van der Waals surface area contributed by atoms with E-state index in [1.807, 2.05) is 18.2 Å². The Morgan fingerprint density at radius 1 is 1.00 bits per heavy atom. The van der Waals surface area contributed by atoms with Crippen LogP contribution in [0.15, 0.2) is 72.8 Å². The predicted octanol–water partition coefficient (Wildman–Crippen LogP) is 4.99. The molecule has 0 radical (unpaired) electrons. The SMILES string of the molecule is COc1ccc2c(c1)[C@H]1[C@H](c3ccc(C(F)(F)F)cc3)C(=O)N(C(=O)c3ccccc3)N1CC2. The number of hydrazine groups is 1. The maximum absolute atomic E-state index is 13.7. The molecule has 2 aliphatic rings. The van der Waals surface area contributed by atoms with E-state index >= 15 is 0 Å². The molecule has 8 heteroatoms. The highest BCUT2D eigenvalue weighted by Crippen LogP contribution is 2.48. The highest BCUT2D eigenvalue weighted by molar-refractivity contribution is 6.07. The number of nitrogens with zero attached hydrogens (tertiary/aromatic N) is 2. The fourth-order valence-corrected chi connectivity index (χ4v) is 4.83. The molecule has 0 spiro atoms. The number of ether oxygens (including phenoxy) is 1. The summed E-state index contributed by atoms with van der Waals surface area (Å²) in [6.45, 7) is 0.422. The molecule has 0 bridgehead atoms. The first-order valence-electron chi connectivity index (χ1n) is 10.8. The van der Waals surface area contributed by atoms with Gasteiger partial charge in [0.2, 0.25) is 0 Å². The first-order chi connectivity index (χ1) is 16.3. The van der Waals surface area contributed by atoms with Crippen LogP contribution in [0.2, 0.25) is 0 Å². The van der Waals surface area contributed by atoms with Gasteiger partial charge in [0.05, 0.1) is 24.6 Å². The number of carbonyl (C=O) groups excluding carboxylic acids is 2. The lowest BCUT2D eigenvalue weighted by atomic mass is 9.82. The maximum Gasteiger partial charge on any atom is 0.416 e. The summed E-state index contributed by atoms with van der Waals surface area (Å²) in [7, 11) is 1.54. The molecule has 0 unspecified atom stereocenters. The van der Waals surface area contributed by atoms with Crippen LogP contribution in [0.25, 0.3) is 0 Å². The van der Waals surface area contributed by atoms with Crippen molar-refractivity contribution < 1.29 is 27.5 Å². The van der Waals surface area contributed by atoms with Crippen molar-refractivity contribution in [2.24, 2.45) is 0 Å². The normalized spacial score (nSPS) is 20.1. The molecular weight excluding hydrogens is 445 g/mol. The van der Waals surface area contributed by atoms with E-state index in [9.17, 15) is 22.8 Å². The Bertz CT molecular complexity index is 1240. The van der Waals surface area contributed by atoms with Crippen LogP contribution < -0.4 is 4.74 Å². The number of rotatable bonds is 3. The van der Waals surface area contributed by atoms with Gasteiger partial charge in [0.25, 0.3) is 11.8 Å². The summed E-state index contributed by atoms with van der Waals surface area (Å²) in [6, 6.07) is 18.2. The zero-order valence-corrected chi connectivity index (χ0v) is 18.3. The number of imide groups is 1. The molecule has 5 rings (SSSR count). The third-order valence-electron chi connectivity index (χ3n) is 6.46. The Kier molecular flexibility index (Phi) is 5.40. The second kappa shape index (κ2) is 8.29. The number of amides is 2. The van der Waals surface area contributed by atoms with Crippen molar-refractivity contribution in [3.05, 3.63) is 101 Å². The molecule has 0 aromatic heterocycles. The largest absolute Gasteiger partial charge is 0.497 e. The van der Waals surface area contributed by atoms with E-state index in [0.29, 0.717) is 29.8 Å². The standard InChI is InChI=1S/C26H21F3N2O3/c1-34-20-12-9-16-13-14-30-23(21(16)15-20)22(17-7-10-19(11-8-17)26(27,28)29)25(33)31(30)24(32)18-5-3-2-4-6-18/h2-12,15,22-23H,13-14H2,1H3/t22-,23-/m0/s1. The average molecular weight is 466 g/mol. The first kappa shape index (κ1) is 22.2. The van der Waals surface area contributed by atoms with Gasteiger partial charge in [-0.05, 0) is 59.5 Å². The van der Waals surface area contributed by atoms with Crippen LogP contribution in [0.1, 0.15) is 44.6 Å². The Morgan fingerprint density at radius 3 is 2.35 bits per heavy atom. The first-order valence-corrected chi connectivity index (χ1v) is 10.8. The van der Waals surface area contributed by atoms with Gasteiger partial charge in [-0.2, -0.15) is 13.2 Å². The van der Waals surface area contributed by atoms with Crippen molar-refractivity contribution in [3.63, 3.8) is 0 Å². The third-order valence-corrected chi connectivity index (χ3v) is 6.46. The van der Waals surface area contributed by atoms with E-state index in [1.54, 1.807) is 42.5 Å². The fraction of sp³-hybridized carbons (Fsp3) is 0.231. The van der Waals surface area contributed by atoms with Crippen LogP contribution in [0.3, 0.4) is 0 Å². The van der Waals surface area contributed by atoms with E-state index in [1.165, 1.54) is 12.1 Å². The average Bonchev–Trinajstić information content (AvgIpc) is 3.15. The highest BCUT2D eigenvalue weighted by atomic mass is 19.4. The maximum atomic E-state index is 13.7. The molecule has 0 N–H and O–H groups in total. The summed E-state index contributed by atoms with van der Waals surface area (Å²) in [5, 5.41) is 2.90. The van der Waals surface area contributed by atoms with Crippen molar-refractivity contribution in [2.75, 3.05) is 13.7 Å². The van der Waals surface area contributed by atoms with Crippen molar-refractivity contribution in [2.45, 2.75) is 24.6 Å². The van der Waals surface area contributed by atoms with Crippen molar-refractivity contribution in [1.82, 2.24) is 10.0 Å². The summed E-state index contributed by atoms with van der Waals surface area (Å²) in [4.78, 5) is 27.1. The zero-order valence-electron chi connectivity index (χ0n) is 18.3. The lowest BCUT2D eigenvalue weighted by molar-refractivity contribution is -0.137. The van der Waals surface area contributed by atoms with E-state index < -0.39 is 35.5 Å². The topological polar surface area (TPSA) is 49.9 Å². The molecule has 174 valence electrons. The molecule has 34 heavy (non-hydrogen) atoms. The van der Waals surface area contributed by atoms with Crippen molar-refractivity contribution >= 4 is 11.8 Å². The van der Waals surface area contributed by atoms with Gasteiger partial charge in [0.1, 0.15) is 5.75 Å². The molecule has 3 aromatic carbocycles. The second-order valence-electron chi connectivity index (χ2n) is 8.34. The van der Waals surface area contributed by atoms with Gasteiger partial charge in [0.15, 0.2) is 0 Å². The quantitative estimate of drug-likeness (QED) is 0.510. The van der Waals surface area contributed by atoms with Gasteiger partial charge in [-0.1, -0.05) is 36.4 Å². The predicted molar refractivity (Wildman–Crippen MR) is 118 cm³/mol. The third kappa shape index (κ3) is 3.64. The molecule has 5 nitrogen and oxygen atoms in total. The molecule has 2 aliphatic heterocycles. The number of halogens is 3. The van der Waals surface area contributed by atoms with Crippen molar-refractivity contribution in [1.29, 1.82) is 0 Å². The van der Waals surface area contributed by atoms with Crippen molar-refractivity contribution in [3.8, 4) is 5.75 Å². The minimum absolute atomic E-state index is 0.360. The number of benzene rings is 3. The molecule has 2 atom stereocenters. The number of hydrogen-bond acceptors (Lipinski definition) is 4. The van der Waals surface area contributed by atoms with Crippen LogP contribution in [0.4, 0.5) is 13.2 Å². The van der Waals surface area contributed by atoms with Crippen LogP contribution in [-0.2, 0) is 17.4 Å². The van der Waals surface area contributed by atoms with Gasteiger partial charge in [-0.3, -0.25) is 9.59 Å². The Morgan fingerprint density at radius 2 is 1.71 bits per heavy atom. The van der Waals surface area contributed by atoms with Crippen LogP contribution >= 0.6 is 0 Å². The number of carbonyl (C=O) groups is 2. The Labute approximate surface area is 194 Å². The second-order valence-corrected chi connectivity index (χ2v) is 8.34. The Hall–Kier alpha value is -3.65. The minimum atomic E-state index is -4.48. The molecule has 2 amide bonds. The number of methoxy groups -OCH3 is 1. The summed E-state index contributed by atoms with van der Waals surface area (Å²) < 4.78 is 44.8. The molecular formula is C26H21F3N2O3. The minimum Gasteiger partial charge on any atom is -0.497 e.